The van der Waals surface area contributed by atoms with Crippen LogP contribution >= 0.6 is 0 Å². The van der Waals surface area contributed by atoms with Crippen LogP contribution in [0.1, 0.15) is 5.56 Å². The molecule has 136 valence electrons. The monoisotopic (exact) mass is 376 g/mol. The maximum Gasteiger partial charge on any atom is 0.232 e. The van der Waals surface area contributed by atoms with Crippen LogP contribution in [0.4, 0.5) is 10.1 Å². The summed E-state index contributed by atoms with van der Waals surface area (Å²) in [5, 5.41) is 4.12. The molecule has 26 heavy (non-hydrogen) atoms. The Morgan fingerprint density at radius 2 is 1.96 bits per heavy atom. The van der Waals surface area contributed by atoms with E-state index in [0.29, 0.717) is 17.1 Å². The fourth-order valence-corrected chi connectivity index (χ4v) is 3.29. The van der Waals surface area contributed by atoms with Gasteiger partial charge in [0, 0.05) is 17.8 Å². The van der Waals surface area contributed by atoms with Gasteiger partial charge in [-0.25, -0.2) is 22.5 Å². The van der Waals surface area contributed by atoms with Gasteiger partial charge < -0.3 is 4.74 Å². The molecule has 0 amide bonds. The third-order valence-electron chi connectivity index (χ3n) is 3.68. The lowest BCUT2D eigenvalue weighted by atomic mass is 10.3. The third kappa shape index (κ3) is 3.83. The molecule has 3 aromatic rings. The zero-order chi connectivity index (χ0) is 18.7. The van der Waals surface area contributed by atoms with Gasteiger partial charge in [-0.05, 0) is 18.2 Å². The number of pyridine rings is 1. The maximum absolute atomic E-state index is 13.9. The van der Waals surface area contributed by atoms with E-state index in [4.69, 9.17) is 4.74 Å². The minimum Gasteiger partial charge on any atom is -0.481 e. The second-order valence-electron chi connectivity index (χ2n) is 5.57. The van der Waals surface area contributed by atoms with Gasteiger partial charge in [0.15, 0.2) is 0 Å². The third-order valence-corrected chi connectivity index (χ3v) is 4.82. The van der Waals surface area contributed by atoms with Crippen LogP contribution in [-0.2, 0) is 16.6 Å². The minimum atomic E-state index is -3.56. The number of rotatable bonds is 6. The first-order chi connectivity index (χ1) is 12.4. The molecule has 0 aliphatic carbocycles. The molecule has 0 aliphatic heterocycles. The van der Waals surface area contributed by atoms with Gasteiger partial charge in [0.05, 0.1) is 38.0 Å². The molecular weight excluding hydrogens is 359 g/mol. The summed E-state index contributed by atoms with van der Waals surface area (Å²) < 4.78 is 45.8. The molecule has 0 saturated carbocycles. The average molecular weight is 376 g/mol. The van der Waals surface area contributed by atoms with Crippen molar-refractivity contribution in [3.05, 3.63) is 66.4 Å². The molecule has 0 saturated heterocycles. The Bertz CT molecular complexity index is 1000. The molecule has 7 nitrogen and oxygen atoms in total. The van der Waals surface area contributed by atoms with Crippen molar-refractivity contribution in [1.29, 1.82) is 0 Å². The van der Waals surface area contributed by atoms with Crippen LogP contribution in [0.2, 0.25) is 0 Å². The molecule has 3 rings (SSSR count). The molecule has 1 aromatic carbocycles. The van der Waals surface area contributed by atoms with Crippen molar-refractivity contribution in [3.8, 4) is 11.6 Å². The Morgan fingerprint density at radius 3 is 2.58 bits per heavy atom. The Morgan fingerprint density at radius 1 is 1.19 bits per heavy atom. The van der Waals surface area contributed by atoms with Crippen LogP contribution in [0.15, 0.2) is 55.0 Å². The van der Waals surface area contributed by atoms with E-state index in [2.05, 4.69) is 10.1 Å². The number of methoxy groups -OCH3 is 1. The molecule has 0 spiro atoms. The molecule has 0 N–H and O–H groups in total. The van der Waals surface area contributed by atoms with Crippen molar-refractivity contribution >= 4 is 15.7 Å². The van der Waals surface area contributed by atoms with Crippen LogP contribution in [-0.4, -0.2) is 36.5 Å². The molecule has 0 bridgehead atoms. The minimum absolute atomic E-state index is 0.0430. The summed E-state index contributed by atoms with van der Waals surface area (Å²) in [5.41, 5.74) is 1.29. The summed E-state index contributed by atoms with van der Waals surface area (Å²) >= 11 is 0. The molecule has 0 aliphatic rings. The van der Waals surface area contributed by atoms with Crippen LogP contribution in [0.25, 0.3) is 5.69 Å². The summed E-state index contributed by atoms with van der Waals surface area (Å²) in [7, 11) is -2.08. The van der Waals surface area contributed by atoms with Gasteiger partial charge in [-0.2, -0.15) is 5.10 Å². The van der Waals surface area contributed by atoms with E-state index >= 15 is 0 Å². The van der Waals surface area contributed by atoms with Gasteiger partial charge in [-0.3, -0.25) is 4.31 Å². The second-order valence-corrected chi connectivity index (χ2v) is 7.48. The topological polar surface area (TPSA) is 77.3 Å². The molecule has 2 aromatic heterocycles. The molecular formula is C17H17FN4O3S. The standard InChI is InChI=1S/C17H17FN4O3S/c1-25-17-8-7-14(10-19-17)22(26(2,23)24)12-13-9-20-21(11-13)16-6-4-3-5-15(16)18/h3-11H,12H2,1-2H3. The number of halogens is 1. The van der Waals surface area contributed by atoms with Crippen LogP contribution in [0.5, 0.6) is 5.88 Å². The number of ether oxygens (including phenoxy) is 1. The predicted octanol–water partition coefficient (Wildman–Crippen LogP) is 2.38. The predicted molar refractivity (Wildman–Crippen MR) is 95.3 cm³/mol. The number of nitrogens with zero attached hydrogens (tertiary/aromatic N) is 4. The SMILES string of the molecule is COc1ccc(N(Cc2cnn(-c3ccccc3F)c2)S(C)(=O)=O)cn1. The first-order valence-electron chi connectivity index (χ1n) is 7.64. The lowest BCUT2D eigenvalue weighted by Gasteiger charge is -2.21. The molecule has 0 atom stereocenters. The number of para-hydroxylation sites is 1. The fraction of sp³-hybridized carbons (Fsp3) is 0.176. The Hall–Kier alpha value is -2.94. The number of anilines is 1. The number of benzene rings is 1. The van der Waals surface area contributed by atoms with Crippen molar-refractivity contribution in [3.63, 3.8) is 0 Å². The van der Waals surface area contributed by atoms with E-state index in [1.165, 1.54) is 34.6 Å². The summed E-state index contributed by atoms with van der Waals surface area (Å²) in [6.45, 7) is 0.0430. The van der Waals surface area contributed by atoms with E-state index in [0.717, 1.165) is 6.26 Å². The summed E-state index contributed by atoms with van der Waals surface area (Å²) in [5.74, 6) is -0.0314. The van der Waals surface area contributed by atoms with E-state index in [1.807, 2.05) is 0 Å². The Labute approximate surface area is 150 Å². The lowest BCUT2D eigenvalue weighted by molar-refractivity contribution is 0.398. The molecule has 0 fully saturated rings. The zero-order valence-electron chi connectivity index (χ0n) is 14.2. The molecule has 0 unspecified atom stereocenters. The van der Waals surface area contributed by atoms with Crippen molar-refractivity contribution in [2.45, 2.75) is 6.54 Å². The van der Waals surface area contributed by atoms with Crippen molar-refractivity contribution < 1.29 is 17.5 Å². The number of aromatic nitrogens is 3. The Kier molecular flexibility index (Phi) is 4.90. The maximum atomic E-state index is 13.9. The number of hydrogen-bond acceptors (Lipinski definition) is 5. The van der Waals surface area contributed by atoms with Gasteiger partial charge in [0.25, 0.3) is 0 Å². The van der Waals surface area contributed by atoms with E-state index in [1.54, 1.807) is 36.5 Å². The van der Waals surface area contributed by atoms with Crippen molar-refractivity contribution in [1.82, 2.24) is 14.8 Å². The van der Waals surface area contributed by atoms with Gasteiger partial charge in [0.2, 0.25) is 15.9 Å². The molecule has 0 radical (unpaired) electrons. The summed E-state index contributed by atoms with van der Waals surface area (Å²) in [4.78, 5) is 4.04. The van der Waals surface area contributed by atoms with Gasteiger partial charge >= 0.3 is 0 Å². The largest absolute Gasteiger partial charge is 0.481 e. The lowest BCUT2D eigenvalue weighted by Crippen LogP contribution is -2.29. The summed E-state index contributed by atoms with van der Waals surface area (Å²) in [6.07, 6.45) is 5.62. The second kappa shape index (κ2) is 7.12. The molecule has 9 heteroatoms. The first kappa shape index (κ1) is 17.9. The van der Waals surface area contributed by atoms with Crippen LogP contribution in [0, 0.1) is 5.82 Å². The number of hydrogen-bond donors (Lipinski definition) is 0. The van der Waals surface area contributed by atoms with Crippen molar-refractivity contribution in [2.24, 2.45) is 0 Å². The van der Waals surface area contributed by atoms with Gasteiger partial charge in [-0.15, -0.1) is 0 Å². The van der Waals surface area contributed by atoms with Crippen molar-refractivity contribution in [2.75, 3.05) is 17.7 Å². The van der Waals surface area contributed by atoms with Gasteiger partial charge in [0.1, 0.15) is 11.5 Å². The smallest absolute Gasteiger partial charge is 0.232 e. The first-order valence-corrected chi connectivity index (χ1v) is 9.49. The average Bonchev–Trinajstić information content (AvgIpc) is 3.08. The number of sulfonamides is 1. The highest BCUT2D eigenvalue weighted by Crippen LogP contribution is 2.22. The van der Waals surface area contributed by atoms with E-state index in [9.17, 15) is 12.8 Å². The van der Waals surface area contributed by atoms with Gasteiger partial charge in [-0.1, -0.05) is 12.1 Å². The normalized spacial score (nSPS) is 11.3. The van der Waals surface area contributed by atoms with Crippen LogP contribution < -0.4 is 9.04 Å². The van der Waals surface area contributed by atoms with E-state index < -0.39 is 15.8 Å². The van der Waals surface area contributed by atoms with Crippen LogP contribution in [0.3, 0.4) is 0 Å². The zero-order valence-corrected chi connectivity index (χ0v) is 15.0. The fourth-order valence-electron chi connectivity index (χ4n) is 2.42. The van der Waals surface area contributed by atoms with E-state index in [-0.39, 0.29) is 12.2 Å². The highest BCUT2D eigenvalue weighted by atomic mass is 32.2. The quantitative estimate of drug-likeness (QED) is 0.660. The highest BCUT2D eigenvalue weighted by molar-refractivity contribution is 7.92. The Balaban J connectivity index is 1.90. The summed E-state index contributed by atoms with van der Waals surface area (Å²) in [6, 6.07) is 9.40. The molecule has 2 heterocycles. The highest BCUT2D eigenvalue weighted by Gasteiger charge is 2.19.